The minimum atomic E-state index is -0.814. The molecule has 2 N–H and O–H groups in total. The van der Waals surface area contributed by atoms with Gasteiger partial charge in [-0.25, -0.2) is 0 Å². The molecule has 3 rings (SSSR count). The SMILES string of the molecule is CC1(O)CC2C3CCC(C3)C2CC1O. The summed E-state index contributed by atoms with van der Waals surface area (Å²) in [6, 6.07) is 0. The third-order valence-electron chi connectivity index (χ3n) is 5.14. The Balaban J connectivity index is 1.84. The summed E-state index contributed by atoms with van der Waals surface area (Å²) in [7, 11) is 0. The summed E-state index contributed by atoms with van der Waals surface area (Å²) < 4.78 is 0. The van der Waals surface area contributed by atoms with Gasteiger partial charge in [-0.3, -0.25) is 0 Å². The lowest BCUT2D eigenvalue weighted by Gasteiger charge is -2.45. The first-order chi connectivity index (χ1) is 6.58. The monoisotopic (exact) mass is 196 g/mol. The second-order valence-corrected chi connectivity index (χ2v) is 5.97. The normalized spacial score (nSPS) is 61.5. The molecule has 3 aliphatic rings. The van der Waals surface area contributed by atoms with Gasteiger partial charge in [0.1, 0.15) is 0 Å². The van der Waals surface area contributed by atoms with E-state index in [-0.39, 0.29) is 0 Å². The highest BCUT2D eigenvalue weighted by Gasteiger charge is 2.54. The van der Waals surface area contributed by atoms with Crippen molar-refractivity contribution >= 4 is 0 Å². The van der Waals surface area contributed by atoms with E-state index in [1.54, 1.807) is 6.92 Å². The smallest absolute Gasteiger partial charge is 0.0880 e. The van der Waals surface area contributed by atoms with Gasteiger partial charge in [0.05, 0.1) is 11.7 Å². The maximum atomic E-state index is 10.1. The summed E-state index contributed by atoms with van der Waals surface area (Å²) in [5, 5.41) is 19.9. The van der Waals surface area contributed by atoms with Gasteiger partial charge >= 0.3 is 0 Å². The van der Waals surface area contributed by atoms with E-state index in [1.165, 1.54) is 19.3 Å². The lowest BCUT2D eigenvalue weighted by Crippen LogP contribution is -2.49. The van der Waals surface area contributed by atoms with Gasteiger partial charge in [-0.15, -0.1) is 0 Å². The Hall–Kier alpha value is -0.0800. The number of aliphatic hydroxyl groups is 2. The zero-order valence-corrected chi connectivity index (χ0v) is 8.82. The van der Waals surface area contributed by atoms with Crippen LogP contribution in [0.1, 0.15) is 39.0 Å². The van der Waals surface area contributed by atoms with E-state index >= 15 is 0 Å². The van der Waals surface area contributed by atoms with Crippen molar-refractivity contribution < 1.29 is 10.2 Å². The first kappa shape index (κ1) is 9.17. The van der Waals surface area contributed by atoms with E-state index < -0.39 is 11.7 Å². The van der Waals surface area contributed by atoms with E-state index in [9.17, 15) is 10.2 Å². The van der Waals surface area contributed by atoms with Gasteiger partial charge in [-0.05, 0) is 62.7 Å². The minimum Gasteiger partial charge on any atom is -0.390 e. The van der Waals surface area contributed by atoms with Crippen LogP contribution >= 0.6 is 0 Å². The van der Waals surface area contributed by atoms with Crippen molar-refractivity contribution in [2.24, 2.45) is 23.7 Å². The van der Waals surface area contributed by atoms with Crippen LogP contribution in [0.15, 0.2) is 0 Å². The van der Waals surface area contributed by atoms with Gasteiger partial charge in [0, 0.05) is 0 Å². The molecule has 3 aliphatic carbocycles. The van der Waals surface area contributed by atoms with Crippen LogP contribution in [-0.4, -0.2) is 21.9 Å². The fourth-order valence-corrected chi connectivity index (χ4v) is 4.34. The molecule has 0 aliphatic heterocycles. The Bertz CT molecular complexity index is 249. The Morgan fingerprint density at radius 2 is 1.71 bits per heavy atom. The molecule has 3 saturated carbocycles. The predicted octanol–water partition coefficient (Wildman–Crippen LogP) is 1.55. The molecule has 0 radical (unpaired) electrons. The molecule has 2 heteroatoms. The molecule has 6 unspecified atom stereocenters. The van der Waals surface area contributed by atoms with Crippen LogP contribution in [-0.2, 0) is 0 Å². The quantitative estimate of drug-likeness (QED) is 0.617. The number of fused-ring (bicyclic) bond motifs is 5. The van der Waals surface area contributed by atoms with E-state index in [0.29, 0.717) is 5.92 Å². The highest BCUT2D eigenvalue weighted by atomic mass is 16.3. The van der Waals surface area contributed by atoms with Gasteiger partial charge in [0.25, 0.3) is 0 Å². The Morgan fingerprint density at radius 3 is 2.43 bits per heavy atom. The van der Waals surface area contributed by atoms with Gasteiger partial charge in [-0.1, -0.05) is 0 Å². The molecule has 6 atom stereocenters. The fourth-order valence-electron chi connectivity index (χ4n) is 4.34. The van der Waals surface area contributed by atoms with Crippen molar-refractivity contribution in [3.05, 3.63) is 0 Å². The second kappa shape index (κ2) is 2.73. The maximum absolute atomic E-state index is 10.1. The topological polar surface area (TPSA) is 40.5 Å². The molecule has 0 saturated heterocycles. The summed E-state index contributed by atoms with van der Waals surface area (Å²) in [4.78, 5) is 0. The lowest BCUT2D eigenvalue weighted by atomic mass is 9.65. The average Bonchev–Trinajstić information content (AvgIpc) is 2.66. The van der Waals surface area contributed by atoms with Gasteiger partial charge in [0.15, 0.2) is 0 Å². The Kier molecular flexibility index (Phi) is 1.79. The average molecular weight is 196 g/mol. The third-order valence-corrected chi connectivity index (χ3v) is 5.14. The molecule has 0 heterocycles. The molecule has 80 valence electrons. The molecule has 0 aromatic carbocycles. The molecule has 14 heavy (non-hydrogen) atoms. The van der Waals surface area contributed by atoms with Crippen molar-refractivity contribution in [1.82, 2.24) is 0 Å². The first-order valence-electron chi connectivity index (χ1n) is 5.98. The molecule has 0 spiro atoms. The molecule has 0 amide bonds. The zero-order valence-electron chi connectivity index (χ0n) is 8.82. The predicted molar refractivity (Wildman–Crippen MR) is 53.7 cm³/mol. The first-order valence-corrected chi connectivity index (χ1v) is 5.98. The van der Waals surface area contributed by atoms with Crippen LogP contribution in [0.2, 0.25) is 0 Å². The van der Waals surface area contributed by atoms with Crippen LogP contribution in [0.4, 0.5) is 0 Å². The molecule has 2 nitrogen and oxygen atoms in total. The van der Waals surface area contributed by atoms with Crippen molar-refractivity contribution in [2.75, 3.05) is 0 Å². The lowest BCUT2D eigenvalue weighted by molar-refractivity contribution is -0.125. The van der Waals surface area contributed by atoms with Crippen LogP contribution in [0.5, 0.6) is 0 Å². The largest absolute Gasteiger partial charge is 0.390 e. The molecule has 3 fully saturated rings. The summed E-state index contributed by atoms with van der Waals surface area (Å²) >= 11 is 0. The molecule has 0 aromatic rings. The van der Waals surface area contributed by atoms with Crippen molar-refractivity contribution in [3.8, 4) is 0 Å². The summed E-state index contributed by atoms with van der Waals surface area (Å²) in [5.74, 6) is 3.18. The molecular formula is C12H20O2. The van der Waals surface area contributed by atoms with Crippen LogP contribution in [0, 0.1) is 23.7 Å². The number of rotatable bonds is 0. The van der Waals surface area contributed by atoms with Crippen LogP contribution < -0.4 is 0 Å². The Labute approximate surface area is 85.3 Å². The second-order valence-electron chi connectivity index (χ2n) is 5.97. The Morgan fingerprint density at radius 1 is 1.07 bits per heavy atom. The summed E-state index contributed by atoms with van der Waals surface area (Å²) in [6.45, 7) is 1.81. The van der Waals surface area contributed by atoms with E-state index in [2.05, 4.69) is 0 Å². The highest BCUT2D eigenvalue weighted by molar-refractivity contribution is 5.04. The third kappa shape index (κ3) is 1.10. The maximum Gasteiger partial charge on any atom is 0.0880 e. The minimum absolute atomic E-state index is 0.483. The summed E-state index contributed by atoms with van der Waals surface area (Å²) in [5.41, 5.74) is -0.814. The van der Waals surface area contributed by atoms with E-state index in [4.69, 9.17) is 0 Å². The van der Waals surface area contributed by atoms with Crippen molar-refractivity contribution in [1.29, 1.82) is 0 Å². The molecule has 2 bridgehead atoms. The zero-order chi connectivity index (χ0) is 9.92. The van der Waals surface area contributed by atoms with E-state index in [0.717, 1.165) is 30.6 Å². The van der Waals surface area contributed by atoms with Crippen LogP contribution in [0.25, 0.3) is 0 Å². The number of aliphatic hydroxyl groups excluding tert-OH is 1. The van der Waals surface area contributed by atoms with E-state index in [1.807, 2.05) is 0 Å². The van der Waals surface area contributed by atoms with Gasteiger partial charge in [0.2, 0.25) is 0 Å². The standard InChI is InChI=1S/C12H20O2/c1-12(14)6-10-8-3-2-7(4-8)9(10)5-11(12)13/h7-11,13-14H,2-6H2,1H3. The van der Waals surface area contributed by atoms with Crippen molar-refractivity contribution in [3.63, 3.8) is 0 Å². The molecule has 0 aromatic heterocycles. The van der Waals surface area contributed by atoms with Crippen molar-refractivity contribution in [2.45, 2.75) is 50.7 Å². The van der Waals surface area contributed by atoms with Gasteiger partial charge < -0.3 is 10.2 Å². The highest BCUT2D eigenvalue weighted by Crippen LogP contribution is 2.58. The van der Waals surface area contributed by atoms with Gasteiger partial charge in [-0.2, -0.15) is 0 Å². The fraction of sp³-hybridized carbons (Fsp3) is 1.00. The summed E-state index contributed by atoms with van der Waals surface area (Å²) in [6.07, 6.45) is 5.32. The molecular weight excluding hydrogens is 176 g/mol. The number of hydrogen-bond donors (Lipinski definition) is 2. The number of hydrogen-bond acceptors (Lipinski definition) is 2. The van der Waals surface area contributed by atoms with Crippen LogP contribution in [0.3, 0.4) is 0 Å².